The van der Waals surface area contributed by atoms with E-state index in [1.807, 2.05) is 0 Å². The van der Waals surface area contributed by atoms with Gasteiger partial charge in [0.1, 0.15) is 0 Å². The van der Waals surface area contributed by atoms with Gasteiger partial charge in [0, 0.05) is 0 Å². The minimum atomic E-state index is -0.556. The fourth-order valence-electron chi connectivity index (χ4n) is 5.85. The summed E-state index contributed by atoms with van der Waals surface area (Å²) < 4.78 is 4.32. The van der Waals surface area contributed by atoms with Gasteiger partial charge in [0.2, 0.25) is 0 Å². The van der Waals surface area contributed by atoms with Crippen LogP contribution < -0.4 is 0 Å². The molecule has 282 valence electrons. The summed E-state index contributed by atoms with van der Waals surface area (Å²) in [7, 11) is 9.78. The average Bonchev–Trinajstić information content (AvgIpc) is 3.84. The quantitative estimate of drug-likeness (QED) is 0.0305. The van der Waals surface area contributed by atoms with Crippen molar-refractivity contribution in [2.75, 3.05) is 0 Å². The van der Waals surface area contributed by atoms with E-state index in [1.54, 1.807) is 0 Å². The van der Waals surface area contributed by atoms with Crippen LogP contribution in [0.1, 0.15) is 194 Å². The van der Waals surface area contributed by atoms with Crippen molar-refractivity contribution in [3.05, 3.63) is 86.4 Å². The van der Waals surface area contributed by atoms with Crippen LogP contribution in [0.4, 0.5) is 0 Å². The molecule has 49 heavy (non-hydrogen) atoms. The van der Waals surface area contributed by atoms with Crippen molar-refractivity contribution in [1.82, 2.24) is 9.13 Å². The van der Waals surface area contributed by atoms with Gasteiger partial charge in [0.25, 0.3) is 0 Å². The summed E-state index contributed by atoms with van der Waals surface area (Å²) in [6, 6.07) is 8.32. The third-order valence-corrected chi connectivity index (χ3v) is 8.87. The van der Waals surface area contributed by atoms with Gasteiger partial charge in [-0.05, 0) is 51.4 Å². The molecule has 0 amide bonds. The van der Waals surface area contributed by atoms with E-state index in [4.69, 9.17) is 18.6 Å². The molecule has 0 bridgehead atoms. The van der Waals surface area contributed by atoms with Gasteiger partial charge >= 0.3 is 35.6 Å². The fourth-order valence-corrected chi connectivity index (χ4v) is 5.85. The Morgan fingerprint density at radius 1 is 0.408 bits per heavy atom. The van der Waals surface area contributed by atoms with Crippen molar-refractivity contribution in [2.45, 2.75) is 194 Å². The Bertz CT molecular complexity index is 807. The van der Waals surface area contributed by atoms with Crippen LogP contribution in [0, 0.1) is 13.1 Å². The van der Waals surface area contributed by atoms with Gasteiger partial charge in [0.05, 0.1) is 0 Å². The monoisotopic (exact) mass is 750 g/mol. The van der Waals surface area contributed by atoms with Crippen LogP contribution in [0.2, 0.25) is 0 Å². The maximum absolute atomic E-state index is 4.89. The standard InChI is InChI=1S/2C22H38N.2ClH.Ti/c2*1-2-3-4-5-6-7-8-9-10-11-12-13-14-15-16-17-20-23-21-18-19-22-23;;;/h2*9-10,18-22H,2-8,11-17H2,1H3;2*1H;/q2*-1;;;+2/p-2/b2*10-9-;;;. The second kappa shape index (κ2) is 43.2. The topological polar surface area (TPSA) is 9.86 Å². The number of halogens is 2. The molecule has 2 aromatic heterocycles. The van der Waals surface area contributed by atoms with Crippen LogP contribution >= 0.6 is 18.6 Å². The first kappa shape index (κ1) is 48.1. The Kier molecular flexibility index (Phi) is 42.4. The van der Waals surface area contributed by atoms with Crippen molar-refractivity contribution in [3.63, 3.8) is 0 Å². The Hall–Kier alpha value is -0.926. The van der Waals surface area contributed by atoms with Crippen molar-refractivity contribution in [2.24, 2.45) is 0 Å². The number of hydrogen-bond acceptors (Lipinski definition) is 0. The van der Waals surface area contributed by atoms with E-state index < -0.39 is 17.0 Å². The average molecular weight is 752 g/mol. The van der Waals surface area contributed by atoms with E-state index in [-0.39, 0.29) is 0 Å². The first-order valence-corrected chi connectivity index (χ1v) is 24.8. The third-order valence-electron chi connectivity index (χ3n) is 8.87. The molecule has 2 aromatic rings. The first-order chi connectivity index (χ1) is 24.3. The van der Waals surface area contributed by atoms with Crippen molar-refractivity contribution in [1.29, 1.82) is 0 Å². The number of aromatic nitrogens is 2. The van der Waals surface area contributed by atoms with Gasteiger partial charge in [-0.2, -0.15) is 0 Å². The molecule has 0 aromatic carbocycles. The van der Waals surface area contributed by atoms with Crippen molar-refractivity contribution >= 4 is 18.6 Å². The summed E-state index contributed by atoms with van der Waals surface area (Å²) in [5.41, 5.74) is 0. The Balaban J connectivity index is 0.000000870. The Morgan fingerprint density at radius 3 is 0.939 bits per heavy atom. The van der Waals surface area contributed by atoms with Crippen LogP contribution in [0.3, 0.4) is 0 Å². The van der Waals surface area contributed by atoms with Gasteiger partial charge in [-0.1, -0.05) is 167 Å². The fraction of sp³-hybridized carbons (Fsp3) is 0.682. The molecular formula is C44H76Cl2N2Ti-2. The van der Waals surface area contributed by atoms with Crippen LogP contribution in [-0.2, 0) is 17.0 Å². The van der Waals surface area contributed by atoms with Crippen molar-refractivity contribution in [3.8, 4) is 0 Å². The minimum absolute atomic E-state index is 0.556. The van der Waals surface area contributed by atoms with Crippen LogP contribution in [0.25, 0.3) is 0 Å². The predicted molar refractivity (Wildman–Crippen MR) is 219 cm³/mol. The summed E-state index contributed by atoms with van der Waals surface area (Å²) in [6.45, 7) is 9.13. The molecule has 0 spiro atoms. The zero-order valence-corrected chi connectivity index (χ0v) is 35.1. The number of rotatable bonds is 32. The zero-order chi connectivity index (χ0) is 35.6. The number of unbranched alkanes of at least 4 members (excludes halogenated alkanes) is 24. The van der Waals surface area contributed by atoms with Crippen LogP contribution in [0.5, 0.6) is 0 Å². The van der Waals surface area contributed by atoms with Crippen LogP contribution in [0.15, 0.2) is 73.4 Å². The second-order valence-corrected chi connectivity index (χ2v) is 16.0. The summed E-state index contributed by atoms with van der Waals surface area (Å²) in [6.07, 6.45) is 56.2. The third kappa shape index (κ3) is 39.7. The molecule has 0 fully saturated rings. The molecule has 0 unspecified atom stereocenters. The summed E-state index contributed by atoms with van der Waals surface area (Å²) in [5.74, 6) is 0. The first-order valence-electron chi connectivity index (χ1n) is 20.5. The molecule has 0 radical (unpaired) electrons. The molecule has 0 atom stereocenters. The zero-order valence-electron chi connectivity index (χ0n) is 32.0. The Labute approximate surface area is 323 Å². The number of allylic oxidation sites excluding steroid dienone is 4. The molecule has 0 aliphatic rings. The van der Waals surface area contributed by atoms with Gasteiger partial charge < -0.3 is 9.13 Å². The molecule has 2 rings (SSSR count). The number of hydrogen-bond donors (Lipinski definition) is 0. The van der Waals surface area contributed by atoms with E-state index in [2.05, 4.69) is 109 Å². The van der Waals surface area contributed by atoms with Crippen LogP contribution in [-0.4, -0.2) is 9.13 Å². The van der Waals surface area contributed by atoms with Gasteiger partial charge in [-0.3, -0.25) is 0 Å². The molecule has 0 saturated carbocycles. The van der Waals surface area contributed by atoms with E-state index in [0.29, 0.717) is 0 Å². The predicted octanol–water partition coefficient (Wildman–Crippen LogP) is 16.4. The number of nitrogens with zero attached hydrogens (tertiary/aromatic N) is 2. The van der Waals surface area contributed by atoms with Crippen molar-refractivity contribution < 1.29 is 17.0 Å². The molecular weight excluding hydrogens is 675 g/mol. The normalized spacial score (nSPS) is 10.9. The van der Waals surface area contributed by atoms with E-state index in [0.717, 1.165) is 0 Å². The van der Waals surface area contributed by atoms with Gasteiger partial charge in [0.15, 0.2) is 0 Å². The summed E-state index contributed by atoms with van der Waals surface area (Å²) >= 11 is -0.556. The van der Waals surface area contributed by atoms with Gasteiger partial charge in [-0.15, -0.1) is 62.1 Å². The summed E-state index contributed by atoms with van der Waals surface area (Å²) in [5, 5.41) is 0. The SMILES string of the molecule is CCCCCCCC/C=C\CCCCCCC[CH-]n1cccc1.CCCCCCCC/C=C\CCCCCCC[CH-]n1cccc1.[Cl][Ti][Cl]. The maximum atomic E-state index is 4.89. The van der Waals surface area contributed by atoms with E-state index in [9.17, 15) is 0 Å². The molecule has 2 heterocycles. The second-order valence-electron chi connectivity index (χ2n) is 13.4. The summed E-state index contributed by atoms with van der Waals surface area (Å²) in [4.78, 5) is 0. The molecule has 2 nitrogen and oxygen atoms in total. The van der Waals surface area contributed by atoms with E-state index >= 15 is 0 Å². The van der Waals surface area contributed by atoms with E-state index in [1.165, 1.54) is 180 Å². The Morgan fingerprint density at radius 2 is 0.653 bits per heavy atom. The molecule has 0 N–H and O–H groups in total. The molecule has 5 heteroatoms. The molecule has 0 saturated heterocycles. The molecule has 0 aliphatic carbocycles. The van der Waals surface area contributed by atoms with Gasteiger partial charge in [-0.25, -0.2) is 0 Å². The molecule has 0 aliphatic heterocycles.